The van der Waals surface area contributed by atoms with Gasteiger partial charge in [0.15, 0.2) is 5.76 Å². The highest BCUT2D eigenvalue weighted by atomic mass is 16.5. The predicted octanol–water partition coefficient (Wildman–Crippen LogP) is 2.36. The van der Waals surface area contributed by atoms with Crippen molar-refractivity contribution in [3.8, 4) is 5.88 Å². The van der Waals surface area contributed by atoms with Gasteiger partial charge in [0.25, 0.3) is 0 Å². The third kappa shape index (κ3) is 3.61. The van der Waals surface area contributed by atoms with Gasteiger partial charge >= 0.3 is 0 Å². The van der Waals surface area contributed by atoms with E-state index in [-0.39, 0.29) is 6.10 Å². The summed E-state index contributed by atoms with van der Waals surface area (Å²) in [6.07, 6.45) is 0.0296. The summed E-state index contributed by atoms with van der Waals surface area (Å²) in [5, 5.41) is 6.95. The van der Waals surface area contributed by atoms with Crippen molar-refractivity contribution in [3.05, 3.63) is 29.7 Å². The van der Waals surface area contributed by atoms with Gasteiger partial charge in [-0.05, 0) is 32.9 Å². The molecule has 6 heteroatoms. The maximum atomic E-state index is 5.80. The molecule has 2 aromatic rings. The lowest BCUT2D eigenvalue weighted by Crippen LogP contribution is -2.10. The summed E-state index contributed by atoms with van der Waals surface area (Å²) < 4.78 is 10.6. The number of hydrogen-bond donors (Lipinski definition) is 2. The monoisotopic (exact) mass is 262 g/mol. The molecule has 0 fully saturated rings. The van der Waals surface area contributed by atoms with Crippen molar-refractivity contribution in [1.29, 1.82) is 0 Å². The summed E-state index contributed by atoms with van der Waals surface area (Å²) in [4.78, 5) is 4.31. The minimum Gasteiger partial charge on any atom is -0.473 e. The highest BCUT2D eigenvalue weighted by Crippen LogP contribution is 2.22. The van der Waals surface area contributed by atoms with E-state index < -0.39 is 0 Å². The van der Waals surface area contributed by atoms with Gasteiger partial charge in [0.05, 0.1) is 24.0 Å². The van der Waals surface area contributed by atoms with Crippen molar-refractivity contribution in [2.45, 2.75) is 33.4 Å². The van der Waals surface area contributed by atoms with E-state index in [4.69, 9.17) is 15.0 Å². The first-order chi connectivity index (χ1) is 9.04. The van der Waals surface area contributed by atoms with Crippen molar-refractivity contribution in [1.82, 2.24) is 10.1 Å². The first-order valence-electron chi connectivity index (χ1n) is 6.14. The number of nitrogens with one attached hydrogen (secondary N) is 1. The Hall–Kier alpha value is -2.24. The minimum atomic E-state index is 0.0296. The number of nitrogens with zero attached hydrogens (tertiary/aromatic N) is 2. The average molecular weight is 262 g/mol. The summed E-state index contributed by atoms with van der Waals surface area (Å²) in [5.41, 5.74) is 7.18. The lowest BCUT2D eigenvalue weighted by Gasteiger charge is -2.12. The molecule has 0 atom stereocenters. The molecule has 0 bridgehead atoms. The van der Waals surface area contributed by atoms with Gasteiger partial charge in [-0.2, -0.15) is 4.98 Å². The van der Waals surface area contributed by atoms with Crippen LogP contribution in [0, 0.1) is 6.92 Å². The molecule has 0 aliphatic carbocycles. The van der Waals surface area contributed by atoms with E-state index in [9.17, 15) is 0 Å². The Morgan fingerprint density at radius 2 is 2.21 bits per heavy atom. The highest BCUT2D eigenvalue weighted by Gasteiger charge is 2.07. The van der Waals surface area contributed by atoms with Crippen LogP contribution in [-0.2, 0) is 6.54 Å². The van der Waals surface area contributed by atoms with E-state index in [1.807, 2.05) is 26.8 Å². The summed E-state index contributed by atoms with van der Waals surface area (Å²) in [6.45, 7) is 6.25. The molecule has 0 aromatic carbocycles. The molecule has 0 saturated carbocycles. The SMILES string of the molecule is Cc1cc(CNc2ccc(N)c(OC(C)C)n2)on1. The number of pyridine rings is 1. The molecular weight excluding hydrogens is 244 g/mol. The molecule has 102 valence electrons. The van der Waals surface area contributed by atoms with Crippen LogP contribution in [0.15, 0.2) is 22.7 Å². The summed E-state index contributed by atoms with van der Waals surface area (Å²) in [6, 6.07) is 5.43. The maximum absolute atomic E-state index is 5.80. The van der Waals surface area contributed by atoms with Crippen LogP contribution in [0.25, 0.3) is 0 Å². The second-order valence-electron chi connectivity index (χ2n) is 4.55. The molecule has 2 rings (SSSR count). The fraction of sp³-hybridized carbons (Fsp3) is 0.385. The van der Waals surface area contributed by atoms with Gasteiger partial charge in [0.2, 0.25) is 5.88 Å². The molecule has 0 spiro atoms. The number of rotatable bonds is 5. The number of nitrogens with two attached hydrogens (primary N) is 1. The molecule has 2 aromatic heterocycles. The molecule has 0 aliphatic heterocycles. The van der Waals surface area contributed by atoms with Gasteiger partial charge in [-0.1, -0.05) is 5.16 Å². The van der Waals surface area contributed by atoms with Gasteiger partial charge in [-0.25, -0.2) is 0 Å². The lowest BCUT2D eigenvalue weighted by atomic mass is 10.3. The average Bonchev–Trinajstić information content (AvgIpc) is 2.75. The quantitative estimate of drug-likeness (QED) is 0.860. The highest BCUT2D eigenvalue weighted by molar-refractivity contribution is 5.53. The van der Waals surface area contributed by atoms with Crippen molar-refractivity contribution in [2.75, 3.05) is 11.1 Å². The van der Waals surface area contributed by atoms with Gasteiger partial charge in [0, 0.05) is 6.07 Å². The first kappa shape index (κ1) is 13.2. The second kappa shape index (κ2) is 5.60. The van der Waals surface area contributed by atoms with Crippen molar-refractivity contribution in [2.24, 2.45) is 0 Å². The molecular formula is C13H18N4O2. The topological polar surface area (TPSA) is 86.2 Å². The van der Waals surface area contributed by atoms with E-state index in [1.54, 1.807) is 12.1 Å². The molecule has 2 heterocycles. The van der Waals surface area contributed by atoms with Crippen molar-refractivity contribution >= 4 is 11.5 Å². The van der Waals surface area contributed by atoms with Crippen LogP contribution in [0.5, 0.6) is 5.88 Å². The van der Waals surface area contributed by atoms with E-state index in [0.29, 0.717) is 23.9 Å². The Morgan fingerprint density at radius 3 is 2.84 bits per heavy atom. The van der Waals surface area contributed by atoms with Crippen LogP contribution in [0.4, 0.5) is 11.5 Å². The second-order valence-corrected chi connectivity index (χ2v) is 4.55. The lowest BCUT2D eigenvalue weighted by molar-refractivity contribution is 0.234. The van der Waals surface area contributed by atoms with Crippen LogP contribution < -0.4 is 15.8 Å². The number of aromatic nitrogens is 2. The van der Waals surface area contributed by atoms with Crippen LogP contribution in [0.3, 0.4) is 0 Å². The van der Waals surface area contributed by atoms with E-state index in [2.05, 4.69) is 15.5 Å². The fourth-order valence-corrected chi connectivity index (χ4v) is 1.54. The van der Waals surface area contributed by atoms with E-state index in [1.165, 1.54) is 0 Å². The van der Waals surface area contributed by atoms with Gasteiger partial charge in [-0.3, -0.25) is 0 Å². The standard InChI is InChI=1S/C13H18N4O2/c1-8(2)18-13-11(14)4-5-12(16-13)15-7-10-6-9(3)17-19-10/h4-6,8H,7,14H2,1-3H3,(H,15,16). The number of hydrogen-bond acceptors (Lipinski definition) is 6. The molecule has 0 radical (unpaired) electrons. The fourth-order valence-electron chi connectivity index (χ4n) is 1.54. The zero-order valence-corrected chi connectivity index (χ0v) is 11.3. The van der Waals surface area contributed by atoms with Crippen LogP contribution in [0.2, 0.25) is 0 Å². The van der Waals surface area contributed by atoms with Crippen LogP contribution in [-0.4, -0.2) is 16.2 Å². The molecule has 0 unspecified atom stereocenters. The zero-order valence-electron chi connectivity index (χ0n) is 11.3. The summed E-state index contributed by atoms with van der Waals surface area (Å²) in [5.74, 6) is 1.87. The summed E-state index contributed by atoms with van der Waals surface area (Å²) in [7, 11) is 0. The van der Waals surface area contributed by atoms with Gasteiger partial charge in [-0.15, -0.1) is 0 Å². The van der Waals surface area contributed by atoms with Crippen LogP contribution >= 0.6 is 0 Å². The van der Waals surface area contributed by atoms with Crippen molar-refractivity contribution in [3.63, 3.8) is 0 Å². The Bertz CT molecular complexity index is 551. The minimum absolute atomic E-state index is 0.0296. The third-order valence-electron chi connectivity index (χ3n) is 2.36. The smallest absolute Gasteiger partial charge is 0.239 e. The molecule has 3 N–H and O–H groups in total. The summed E-state index contributed by atoms with van der Waals surface area (Å²) >= 11 is 0. The number of ether oxygens (including phenoxy) is 1. The van der Waals surface area contributed by atoms with E-state index in [0.717, 1.165) is 11.5 Å². The molecule has 19 heavy (non-hydrogen) atoms. The van der Waals surface area contributed by atoms with Crippen molar-refractivity contribution < 1.29 is 9.26 Å². The Kier molecular flexibility index (Phi) is 3.89. The number of nitrogen functional groups attached to an aromatic ring is 1. The number of anilines is 2. The maximum Gasteiger partial charge on any atom is 0.239 e. The van der Waals surface area contributed by atoms with Gasteiger partial charge < -0.3 is 20.3 Å². The largest absolute Gasteiger partial charge is 0.473 e. The Labute approximate surface area is 112 Å². The van der Waals surface area contributed by atoms with Crippen LogP contribution in [0.1, 0.15) is 25.3 Å². The number of aryl methyl sites for hydroxylation is 1. The Morgan fingerprint density at radius 1 is 1.42 bits per heavy atom. The zero-order chi connectivity index (χ0) is 13.8. The Balaban J connectivity index is 2.04. The normalized spacial score (nSPS) is 10.7. The first-order valence-corrected chi connectivity index (χ1v) is 6.14. The van der Waals surface area contributed by atoms with E-state index >= 15 is 0 Å². The molecule has 6 nitrogen and oxygen atoms in total. The molecule has 0 amide bonds. The third-order valence-corrected chi connectivity index (χ3v) is 2.36. The molecule has 0 aliphatic rings. The predicted molar refractivity (Wildman–Crippen MR) is 73.0 cm³/mol. The molecule has 0 saturated heterocycles. The van der Waals surface area contributed by atoms with Gasteiger partial charge in [0.1, 0.15) is 5.82 Å².